The van der Waals surface area contributed by atoms with Crippen molar-refractivity contribution in [1.29, 1.82) is 0 Å². The fraction of sp³-hybridized carbons (Fsp3) is 0.0714. The summed E-state index contributed by atoms with van der Waals surface area (Å²) in [5.74, 6) is -1.51. The molecule has 0 heterocycles. The zero-order valence-electron chi connectivity index (χ0n) is 11.4. The number of rotatable bonds is 5. The number of halogens is 3. The summed E-state index contributed by atoms with van der Waals surface area (Å²) in [6.45, 7) is -0.537. The van der Waals surface area contributed by atoms with Crippen molar-refractivity contribution in [2.75, 3.05) is 11.9 Å². The summed E-state index contributed by atoms with van der Waals surface area (Å²) in [5, 5.41) is 13.5. The molecule has 0 aliphatic heterocycles. The summed E-state index contributed by atoms with van der Waals surface area (Å²) < 4.78 is 18.6. The molecule has 0 aromatic heterocycles. The molecule has 1 N–H and O–H groups in total. The Hall–Kier alpha value is -2.38. The van der Waals surface area contributed by atoms with E-state index in [1.54, 1.807) is 0 Å². The van der Waals surface area contributed by atoms with Crippen molar-refractivity contribution in [3.8, 4) is 5.75 Å². The molecule has 0 fully saturated rings. The van der Waals surface area contributed by atoms with Gasteiger partial charge in [0.25, 0.3) is 5.91 Å². The van der Waals surface area contributed by atoms with E-state index >= 15 is 0 Å². The minimum atomic E-state index is -0.705. The largest absolute Gasteiger partial charge is 0.477 e. The molecule has 2 aromatic carbocycles. The van der Waals surface area contributed by atoms with E-state index in [1.807, 2.05) is 0 Å². The second-order valence-electron chi connectivity index (χ2n) is 4.33. The maximum Gasteiger partial charge on any atom is 0.312 e. The second-order valence-corrected chi connectivity index (χ2v) is 5.20. The average molecular weight is 359 g/mol. The van der Waals surface area contributed by atoms with Crippen LogP contribution in [0.3, 0.4) is 0 Å². The molecule has 9 heteroatoms. The van der Waals surface area contributed by atoms with E-state index in [0.29, 0.717) is 0 Å². The Morgan fingerprint density at radius 2 is 1.87 bits per heavy atom. The molecule has 0 aliphatic rings. The number of ether oxygens (including phenoxy) is 1. The zero-order valence-corrected chi connectivity index (χ0v) is 12.9. The Kier molecular flexibility index (Phi) is 5.36. The average Bonchev–Trinajstić information content (AvgIpc) is 2.48. The van der Waals surface area contributed by atoms with Gasteiger partial charge >= 0.3 is 5.69 Å². The predicted octanol–water partition coefficient (Wildman–Crippen LogP) is 4.06. The van der Waals surface area contributed by atoms with Crippen LogP contribution in [0.25, 0.3) is 0 Å². The Balaban J connectivity index is 2.03. The lowest BCUT2D eigenvalue weighted by Gasteiger charge is -2.09. The predicted molar refractivity (Wildman–Crippen MR) is 83.6 cm³/mol. The molecular formula is C14H9Cl2FN2O4. The van der Waals surface area contributed by atoms with Gasteiger partial charge in [0.05, 0.1) is 10.6 Å². The van der Waals surface area contributed by atoms with Crippen molar-refractivity contribution in [2.24, 2.45) is 0 Å². The van der Waals surface area contributed by atoms with Gasteiger partial charge in [-0.1, -0.05) is 23.2 Å². The third kappa shape index (κ3) is 4.54. The lowest BCUT2D eigenvalue weighted by Crippen LogP contribution is -2.21. The fourth-order valence-corrected chi connectivity index (χ4v) is 2.00. The Bertz CT molecular complexity index is 770. The van der Waals surface area contributed by atoms with Gasteiger partial charge in [0.15, 0.2) is 12.4 Å². The number of hydrogen-bond acceptors (Lipinski definition) is 4. The summed E-state index contributed by atoms with van der Waals surface area (Å²) in [6, 6.07) is 7.51. The fourth-order valence-electron chi connectivity index (χ4n) is 1.68. The highest BCUT2D eigenvalue weighted by Gasteiger charge is 2.17. The number of nitro groups is 1. The number of amides is 1. The standard InChI is InChI=1S/C14H9Cl2FN2O4/c15-8-1-3-11(10(17)5-8)18-14(20)7-23-13-4-2-9(16)6-12(13)19(21)22/h1-6H,7H2,(H,18,20). The van der Waals surface area contributed by atoms with Crippen molar-refractivity contribution in [3.05, 3.63) is 62.4 Å². The first-order chi connectivity index (χ1) is 10.9. The number of hydrogen-bond donors (Lipinski definition) is 1. The van der Waals surface area contributed by atoms with Gasteiger partial charge < -0.3 is 10.1 Å². The van der Waals surface area contributed by atoms with Gasteiger partial charge in [-0.3, -0.25) is 14.9 Å². The summed E-state index contributed by atoms with van der Waals surface area (Å²) in [6.07, 6.45) is 0. The van der Waals surface area contributed by atoms with Crippen LogP contribution >= 0.6 is 23.2 Å². The lowest BCUT2D eigenvalue weighted by atomic mass is 10.3. The van der Waals surface area contributed by atoms with E-state index in [1.165, 1.54) is 24.3 Å². The topological polar surface area (TPSA) is 81.5 Å². The van der Waals surface area contributed by atoms with Crippen molar-refractivity contribution in [1.82, 2.24) is 0 Å². The van der Waals surface area contributed by atoms with E-state index in [0.717, 1.165) is 12.1 Å². The first-order valence-electron chi connectivity index (χ1n) is 6.18. The number of carbonyl (C=O) groups excluding carboxylic acids is 1. The molecule has 6 nitrogen and oxygen atoms in total. The second kappa shape index (κ2) is 7.26. The van der Waals surface area contributed by atoms with Crippen LogP contribution in [0.15, 0.2) is 36.4 Å². The quantitative estimate of drug-likeness (QED) is 0.645. The van der Waals surface area contributed by atoms with Crippen LogP contribution in [-0.2, 0) is 4.79 Å². The third-order valence-electron chi connectivity index (χ3n) is 2.68. The van der Waals surface area contributed by atoms with Gasteiger partial charge in [-0.25, -0.2) is 4.39 Å². The molecule has 2 aromatic rings. The Morgan fingerprint density at radius 1 is 1.22 bits per heavy atom. The van der Waals surface area contributed by atoms with E-state index < -0.39 is 23.3 Å². The summed E-state index contributed by atoms with van der Waals surface area (Å²) in [5.41, 5.74) is -0.448. The van der Waals surface area contributed by atoms with Crippen LogP contribution in [0.5, 0.6) is 5.75 Å². The minimum absolute atomic E-state index is 0.0754. The van der Waals surface area contributed by atoms with Crippen molar-refractivity contribution in [2.45, 2.75) is 0 Å². The van der Waals surface area contributed by atoms with Crippen LogP contribution < -0.4 is 10.1 Å². The summed E-state index contributed by atoms with van der Waals surface area (Å²) >= 11 is 11.3. The van der Waals surface area contributed by atoms with Crippen molar-refractivity contribution < 1.29 is 18.8 Å². The molecule has 0 radical (unpaired) electrons. The number of nitro benzene ring substituents is 1. The Labute approximate surface area is 139 Å². The monoisotopic (exact) mass is 358 g/mol. The molecule has 0 atom stereocenters. The van der Waals surface area contributed by atoms with Gasteiger partial charge in [-0.05, 0) is 30.3 Å². The zero-order chi connectivity index (χ0) is 17.0. The highest BCUT2D eigenvalue weighted by Crippen LogP contribution is 2.29. The normalized spacial score (nSPS) is 10.2. The number of anilines is 1. The molecule has 0 saturated carbocycles. The van der Waals surface area contributed by atoms with Crippen molar-refractivity contribution in [3.63, 3.8) is 0 Å². The first-order valence-corrected chi connectivity index (χ1v) is 6.94. The van der Waals surface area contributed by atoms with Crippen molar-refractivity contribution >= 4 is 40.5 Å². The Morgan fingerprint density at radius 3 is 2.52 bits per heavy atom. The summed E-state index contributed by atoms with van der Waals surface area (Å²) in [7, 11) is 0. The molecule has 0 aliphatic carbocycles. The maximum absolute atomic E-state index is 13.5. The molecule has 2 rings (SSSR count). The lowest BCUT2D eigenvalue weighted by molar-refractivity contribution is -0.385. The van der Waals surface area contributed by atoms with Gasteiger partial charge in [0.2, 0.25) is 0 Å². The van der Waals surface area contributed by atoms with Gasteiger partial charge in [-0.2, -0.15) is 0 Å². The highest BCUT2D eigenvalue weighted by molar-refractivity contribution is 6.31. The molecule has 120 valence electrons. The molecule has 0 bridgehead atoms. The van der Waals surface area contributed by atoms with E-state index in [4.69, 9.17) is 27.9 Å². The smallest absolute Gasteiger partial charge is 0.312 e. The number of benzene rings is 2. The number of carbonyl (C=O) groups is 1. The number of nitrogens with zero attached hydrogens (tertiary/aromatic N) is 1. The van der Waals surface area contributed by atoms with Crippen LogP contribution in [0.4, 0.5) is 15.8 Å². The van der Waals surface area contributed by atoms with Gasteiger partial charge in [0.1, 0.15) is 5.82 Å². The van der Waals surface area contributed by atoms with Crippen LogP contribution in [0.2, 0.25) is 10.0 Å². The molecular weight excluding hydrogens is 350 g/mol. The van der Waals surface area contributed by atoms with Gasteiger partial charge in [0, 0.05) is 16.1 Å². The minimum Gasteiger partial charge on any atom is -0.477 e. The SMILES string of the molecule is O=C(COc1ccc(Cl)cc1[N+](=O)[O-])Nc1ccc(Cl)cc1F. The van der Waals surface area contributed by atoms with Crippen LogP contribution in [-0.4, -0.2) is 17.4 Å². The van der Waals surface area contributed by atoms with E-state index in [-0.39, 0.29) is 27.2 Å². The van der Waals surface area contributed by atoms with Gasteiger partial charge in [-0.15, -0.1) is 0 Å². The highest BCUT2D eigenvalue weighted by atomic mass is 35.5. The van der Waals surface area contributed by atoms with E-state index in [9.17, 15) is 19.3 Å². The molecule has 0 spiro atoms. The third-order valence-corrected chi connectivity index (χ3v) is 3.15. The van der Waals surface area contributed by atoms with Crippen LogP contribution in [0, 0.1) is 15.9 Å². The number of nitrogens with one attached hydrogen (secondary N) is 1. The van der Waals surface area contributed by atoms with Crippen LogP contribution in [0.1, 0.15) is 0 Å². The molecule has 23 heavy (non-hydrogen) atoms. The maximum atomic E-state index is 13.5. The molecule has 0 saturated heterocycles. The molecule has 1 amide bonds. The summed E-state index contributed by atoms with van der Waals surface area (Å²) in [4.78, 5) is 21.9. The molecule has 0 unspecified atom stereocenters. The van der Waals surface area contributed by atoms with E-state index in [2.05, 4.69) is 5.32 Å². The first kappa shape index (κ1) is 17.0.